The Morgan fingerprint density at radius 1 is 1.00 bits per heavy atom. The minimum Gasteiger partial charge on any atom is -0.459 e. The number of benzene rings is 2. The van der Waals surface area contributed by atoms with Gasteiger partial charge in [0.1, 0.15) is 11.9 Å². The van der Waals surface area contributed by atoms with Gasteiger partial charge in [-0.3, -0.25) is 14.4 Å². The molecule has 2 heterocycles. The molecule has 188 valence electrons. The Balaban J connectivity index is 1.58. The smallest absolute Gasteiger partial charge is 0.287 e. The monoisotopic (exact) mass is 493 g/mol. The van der Waals surface area contributed by atoms with Gasteiger partial charge in [0.05, 0.1) is 18.9 Å². The zero-order chi connectivity index (χ0) is 25.3. The molecule has 0 radical (unpaired) electrons. The van der Waals surface area contributed by atoms with Crippen molar-refractivity contribution in [1.82, 2.24) is 15.5 Å². The van der Waals surface area contributed by atoms with Gasteiger partial charge in [0.15, 0.2) is 5.76 Å². The molecule has 1 saturated heterocycles. The molecule has 0 saturated carbocycles. The average Bonchev–Trinajstić information content (AvgIpc) is 3.62. The Kier molecular flexibility index (Phi) is 8.46. The van der Waals surface area contributed by atoms with E-state index in [1.54, 1.807) is 42.5 Å². The summed E-state index contributed by atoms with van der Waals surface area (Å²) in [5, 5.41) is 5.47. The summed E-state index contributed by atoms with van der Waals surface area (Å²) in [7, 11) is 0. The van der Waals surface area contributed by atoms with Gasteiger partial charge in [0.25, 0.3) is 5.91 Å². The minimum atomic E-state index is -0.981. The van der Waals surface area contributed by atoms with Crippen LogP contribution in [-0.2, 0) is 20.9 Å². The summed E-state index contributed by atoms with van der Waals surface area (Å²) in [5.41, 5.74) is 1.24. The fraction of sp³-hybridized carbons (Fsp3) is 0.296. The van der Waals surface area contributed by atoms with E-state index in [4.69, 9.17) is 9.15 Å². The second-order valence-electron chi connectivity index (χ2n) is 8.50. The first-order valence-corrected chi connectivity index (χ1v) is 11.8. The van der Waals surface area contributed by atoms with E-state index in [0.29, 0.717) is 24.3 Å². The van der Waals surface area contributed by atoms with Crippen LogP contribution in [0.3, 0.4) is 0 Å². The van der Waals surface area contributed by atoms with Crippen LogP contribution in [0.1, 0.15) is 40.6 Å². The molecule has 4 rings (SSSR count). The number of hydrogen-bond acceptors (Lipinski definition) is 5. The zero-order valence-electron chi connectivity index (χ0n) is 19.7. The highest BCUT2D eigenvalue weighted by molar-refractivity contribution is 5.95. The first-order chi connectivity index (χ1) is 17.5. The lowest BCUT2D eigenvalue weighted by molar-refractivity contribution is -0.141. The van der Waals surface area contributed by atoms with Crippen LogP contribution in [0.5, 0.6) is 0 Å². The lowest BCUT2D eigenvalue weighted by Crippen LogP contribution is -2.48. The van der Waals surface area contributed by atoms with Gasteiger partial charge in [0.2, 0.25) is 11.8 Å². The largest absolute Gasteiger partial charge is 0.459 e. The Hall–Kier alpha value is -3.98. The number of halogens is 1. The van der Waals surface area contributed by atoms with E-state index in [1.165, 1.54) is 29.4 Å². The van der Waals surface area contributed by atoms with Crippen LogP contribution in [0.15, 0.2) is 77.4 Å². The number of amides is 3. The molecule has 0 spiro atoms. The fourth-order valence-electron chi connectivity index (χ4n) is 4.09. The van der Waals surface area contributed by atoms with E-state index in [-0.39, 0.29) is 30.9 Å². The highest BCUT2D eigenvalue weighted by atomic mass is 19.1. The molecule has 1 aliphatic rings. The molecule has 1 fully saturated rings. The Morgan fingerprint density at radius 2 is 1.78 bits per heavy atom. The molecule has 2 atom stereocenters. The molecular formula is C27H28FN3O5. The molecule has 0 bridgehead atoms. The quantitative estimate of drug-likeness (QED) is 0.452. The van der Waals surface area contributed by atoms with Crippen molar-refractivity contribution in [3.05, 3.63) is 95.7 Å². The SMILES string of the molecule is O=C(NCC(=O)N(Cc1ccc(F)cc1)[C@H](C(=O)NC[C@@H]1CCCO1)c1ccccc1)c1ccco1. The number of hydrogen-bond donors (Lipinski definition) is 2. The van der Waals surface area contributed by atoms with Crippen LogP contribution in [0.4, 0.5) is 4.39 Å². The van der Waals surface area contributed by atoms with Crippen molar-refractivity contribution < 1.29 is 27.9 Å². The third kappa shape index (κ3) is 6.57. The van der Waals surface area contributed by atoms with Crippen LogP contribution >= 0.6 is 0 Å². The van der Waals surface area contributed by atoms with Gasteiger partial charge in [0, 0.05) is 19.7 Å². The number of rotatable bonds is 10. The molecule has 3 amide bonds. The summed E-state index contributed by atoms with van der Waals surface area (Å²) < 4.78 is 24.2. The molecule has 1 aromatic heterocycles. The first-order valence-electron chi connectivity index (χ1n) is 11.8. The number of furan rings is 1. The number of nitrogens with one attached hydrogen (secondary N) is 2. The highest BCUT2D eigenvalue weighted by Crippen LogP contribution is 2.24. The number of ether oxygens (including phenoxy) is 1. The lowest BCUT2D eigenvalue weighted by atomic mass is 10.0. The maximum atomic E-state index is 13.5. The van der Waals surface area contributed by atoms with Crippen molar-refractivity contribution in [3.8, 4) is 0 Å². The van der Waals surface area contributed by atoms with Gasteiger partial charge in [-0.1, -0.05) is 42.5 Å². The molecule has 2 N–H and O–H groups in total. The summed E-state index contributed by atoms with van der Waals surface area (Å²) in [6, 6.07) is 16.7. The molecule has 3 aromatic rings. The van der Waals surface area contributed by atoms with Crippen LogP contribution in [-0.4, -0.2) is 48.4 Å². The Labute approximate surface area is 208 Å². The molecule has 8 nitrogen and oxygen atoms in total. The molecule has 0 unspecified atom stereocenters. The summed E-state index contributed by atoms with van der Waals surface area (Å²) in [6.45, 7) is 0.662. The second kappa shape index (κ2) is 12.1. The Bertz CT molecular complexity index is 1150. The van der Waals surface area contributed by atoms with Crippen molar-refractivity contribution >= 4 is 17.7 Å². The highest BCUT2D eigenvalue weighted by Gasteiger charge is 2.32. The van der Waals surface area contributed by atoms with Crippen molar-refractivity contribution in [2.24, 2.45) is 0 Å². The van der Waals surface area contributed by atoms with Gasteiger partial charge in [-0.05, 0) is 48.2 Å². The minimum absolute atomic E-state index is 0.0304. The third-order valence-electron chi connectivity index (χ3n) is 5.93. The molecule has 36 heavy (non-hydrogen) atoms. The number of carbonyl (C=O) groups is 3. The topological polar surface area (TPSA) is 101 Å². The van der Waals surface area contributed by atoms with E-state index < -0.39 is 23.7 Å². The van der Waals surface area contributed by atoms with Gasteiger partial charge >= 0.3 is 0 Å². The van der Waals surface area contributed by atoms with Crippen LogP contribution in [0.2, 0.25) is 0 Å². The normalized spacial score (nSPS) is 15.8. The summed E-state index contributed by atoms with van der Waals surface area (Å²) >= 11 is 0. The first kappa shape index (κ1) is 25.1. The van der Waals surface area contributed by atoms with Crippen molar-refractivity contribution in [3.63, 3.8) is 0 Å². The van der Waals surface area contributed by atoms with E-state index in [9.17, 15) is 18.8 Å². The van der Waals surface area contributed by atoms with Gasteiger partial charge in [-0.15, -0.1) is 0 Å². The maximum Gasteiger partial charge on any atom is 0.287 e. The number of nitrogens with zero attached hydrogens (tertiary/aromatic N) is 1. The average molecular weight is 494 g/mol. The molecule has 2 aromatic carbocycles. The van der Waals surface area contributed by atoms with Gasteiger partial charge in [-0.25, -0.2) is 4.39 Å². The van der Waals surface area contributed by atoms with Crippen LogP contribution in [0.25, 0.3) is 0 Å². The summed E-state index contributed by atoms with van der Waals surface area (Å²) in [6.07, 6.45) is 3.08. The summed E-state index contributed by atoms with van der Waals surface area (Å²) in [5.74, 6) is -1.74. The van der Waals surface area contributed by atoms with E-state index in [0.717, 1.165) is 12.8 Å². The molecular weight excluding hydrogens is 465 g/mol. The summed E-state index contributed by atoms with van der Waals surface area (Å²) in [4.78, 5) is 40.7. The second-order valence-corrected chi connectivity index (χ2v) is 8.50. The molecule has 0 aliphatic carbocycles. The van der Waals surface area contributed by atoms with Gasteiger partial charge in [-0.2, -0.15) is 0 Å². The zero-order valence-corrected chi connectivity index (χ0v) is 19.7. The molecule has 1 aliphatic heterocycles. The van der Waals surface area contributed by atoms with Crippen LogP contribution in [0, 0.1) is 5.82 Å². The van der Waals surface area contributed by atoms with Crippen molar-refractivity contribution in [2.45, 2.75) is 31.5 Å². The van der Waals surface area contributed by atoms with E-state index >= 15 is 0 Å². The lowest BCUT2D eigenvalue weighted by Gasteiger charge is -2.32. The predicted molar refractivity (Wildman–Crippen MR) is 129 cm³/mol. The van der Waals surface area contributed by atoms with E-state index in [1.807, 2.05) is 6.07 Å². The van der Waals surface area contributed by atoms with Crippen LogP contribution < -0.4 is 10.6 Å². The third-order valence-corrected chi connectivity index (χ3v) is 5.93. The maximum absolute atomic E-state index is 13.5. The molecule has 9 heteroatoms. The van der Waals surface area contributed by atoms with Crippen molar-refractivity contribution in [2.75, 3.05) is 19.7 Å². The number of carbonyl (C=O) groups excluding carboxylic acids is 3. The standard InChI is InChI=1S/C27H28FN3O5/c28-21-12-10-19(11-13-21)18-31(24(32)17-30-26(33)23-9-5-15-36-23)25(20-6-2-1-3-7-20)27(34)29-16-22-8-4-14-35-22/h1-3,5-7,9-13,15,22,25H,4,8,14,16-18H2,(H,29,34)(H,30,33)/t22-,25-/m0/s1. The predicted octanol–water partition coefficient (Wildman–Crippen LogP) is 3.21. The fourth-order valence-corrected chi connectivity index (χ4v) is 4.09. The van der Waals surface area contributed by atoms with Gasteiger partial charge < -0.3 is 24.7 Å². The van der Waals surface area contributed by atoms with E-state index in [2.05, 4.69) is 10.6 Å². The van der Waals surface area contributed by atoms with Crippen molar-refractivity contribution in [1.29, 1.82) is 0 Å². The Morgan fingerprint density at radius 3 is 2.44 bits per heavy atom.